The molecule has 0 amide bonds. The van der Waals surface area contributed by atoms with Crippen molar-refractivity contribution in [2.75, 3.05) is 18.9 Å². The van der Waals surface area contributed by atoms with Crippen molar-refractivity contribution in [3.05, 3.63) is 24.3 Å². The Labute approximate surface area is 97.6 Å². The van der Waals surface area contributed by atoms with Gasteiger partial charge in [0, 0.05) is 18.2 Å². The van der Waals surface area contributed by atoms with Gasteiger partial charge in [0.15, 0.2) is 0 Å². The van der Waals surface area contributed by atoms with E-state index in [0.717, 1.165) is 30.9 Å². The molecule has 3 heteroatoms. The number of ether oxygens (including phenoxy) is 2. The van der Waals surface area contributed by atoms with Gasteiger partial charge < -0.3 is 15.2 Å². The minimum Gasteiger partial charge on any atom is -0.493 e. The van der Waals surface area contributed by atoms with E-state index in [1.165, 1.54) is 0 Å². The Bertz CT molecular complexity index is 302. The van der Waals surface area contributed by atoms with Crippen LogP contribution in [-0.2, 0) is 4.74 Å². The maximum atomic E-state index is 5.64. The average molecular weight is 223 g/mol. The van der Waals surface area contributed by atoms with E-state index in [2.05, 4.69) is 13.8 Å². The second-order valence-electron chi connectivity index (χ2n) is 3.86. The van der Waals surface area contributed by atoms with Gasteiger partial charge >= 0.3 is 0 Å². The van der Waals surface area contributed by atoms with Crippen molar-refractivity contribution in [2.45, 2.75) is 32.8 Å². The van der Waals surface area contributed by atoms with Gasteiger partial charge in [-0.3, -0.25) is 0 Å². The highest BCUT2D eigenvalue weighted by atomic mass is 16.5. The second-order valence-corrected chi connectivity index (χ2v) is 3.86. The quantitative estimate of drug-likeness (QED) is 0.571. The molecule has 0 fully saturated rings. The molecule has 0 saturated heterocycles. The molecule has 0 radical (unpaired) electrons. The first-order valence-electron chi connectivity index (χ1n) is 5.82. The van der Waals surface area contributed by atoms with E-state index < -0.39 is 0 Å². The summed E-state index contributed by atoms with van der Waals surface area (Å²) in [5.74, 6) is 0.823. The molecule has 2 N–H and O–H groups in total. The lowest BCUT2D eigenvalue weighted by Crippen LogP contribution is -2.10. The number of nitrogens with two attached hydrogens (primary N) is 1. The fourth-order valence-electron chi connectivity index (χ4n) is 1.26. The maximum Gasteiger partial charge on any atom is 0.121 e. The summed E-state index contributed by atoms with van der Waals surface area (Å²) in [4.78, 5) is 0. The fraction of sp³-hybridized carbons (Fsp3) is 0.538. The van der Waals surface area contributed by atoms with Crippen LogP contribution in [-0.4, -0.2) is 19.3 Å². The summed E-state index contributed by atoms with van der Waals surface area (Å²) < 4.78 is 11.1. The van der Waals surface area contributed by atoms with Crippen molar-refractivity contribution in [1.82, 2.24) is 0 Å². The molecule has 1 unspecified atom stereocenters. The predicted molar refractivity (Wildman–Crippen MR) is 66.7 cm³/mol. The Morgan fingerprint density at radius 2 is 2.12 bits per heavy atom. The molecule has 0 saturated carbocycles. The van der Waals surface area contributed by atoms with Crippen molar-refractivity contribution in [3.8, 4) is 5.75 Å². The largest absolute Gasteiger partial charge is 0.493 e. The van der Waals surface area contributed by atoms with E-state index in [9.17, 15) is 0 Å². The number of anilines is 1. The third kappa shape index (κ3) is 5.03. The average Bonchev–Trinajstić information content (AvgIpc) is 2.28. The van der Waals surface area contributed by atoms with Crippen molar-refractivity contribution in [2.24, 2.45) is 0 Å². The number of hydrogen-bond donors (Lipinski definition) is 1. The standard InChI is InChI=1S/C13H21NO2/c1-3-11(2)15-8-5-9-16-13-7-4-6-12(14)10-13/h4,6-7,10-11H,3,5,8-9,14H2,1-2H3. The molecular weight excluding hydrogens is 202 g/mol. The zero-order valence-electron chi connectivity index (χ0n) is 10.1. The van der Waals surface area contributed by atoms with Crippen LogP contribution in [0.5, 0.6) is 5.75 Å². The van der Waals surface area contributed by atoms with Crippen LogP contribution in [0.25, 0.3) is 0 Å². The normalized spacial score (nSPS) is 12.4. The summed E-state index contributed by atoms with van der Waals surface area (Å²) in [6.07, 6.45) is 2.29. The third-order valence-electron chi connectivity index (χ3n) is 2.39. The topological polar surface area (TPSA) is 44.5 Å². The van der Waals surface area contributed by atoms with Crippen LogP contribution in [0.15, 0.2) is 24.3 Å². The molecule has 1 aromatic rings. The smallest absolute Gasteiger partial charge is 0.121 e. The highest BCUT2D eigenvalue weighted by Crippen LogP contribution is 2.14. The second kappa shape index (κ2) is 7.12. The van der Waals surface area contributed by atoms with Crippen LogP contribution < -0.4 is 10.5 Å². The van der Waals surface area contributed by atoms with Crippen LogP contribution >= 0.6 is 0 Å². The zero-order chi connectivity index (χ0) is 11.8. The first-order valence-corrected chi connectivity index (χ1v) is 5.82. The SMILES string of the molecule is CCC(C)OCCCOc1cccc(N)c1. The van der Waals surface area contributed by atoms with E-state index in [4.69, 9.17) is 15.2 Å². The van der Waals surface area contributed by atoms with Crippen molar-refractivity contribution < 1.29 is 9.47 Å². The Hall–Kier alpha value is -1.22. The molecular formula is C13H21NO2. The molecule has 1 rings (SSSR count). The predicted octanol–water partition coefficient (Wildman–Crippen LogP) is 2.85. The Morgan fingerprint density at radius 1 is 1.31 bits per heavy atom. The molecule has 0 aliphatic heterocycles. The Morgan fingerprint density at radius 3 is 2.81 bits per heavy atom. The Balaban J connectivity index is 2.12. The summed E-state index contributed by atoms with van der Waals surface area (Å²) in [6, 6.07) is 7.47. The number of hydrogen-bond acceptors (Lipinski definition) is 3. The first-order chi connectivity index (χ1) is 7.72. The maximum absolute atomic E-state index is 5.64. The van der Waals surface area contributed by atoms with Gasteiger partial charge in [-0.05, 0) is 25.5 Å². The lowest BCUT2D eigenvalue weighted by atomic mass is 10.3. The minimum absolute atomic E-state index is 0.340. The summed E-state index contributed by atoms with van der Waals surface area (Å²) in [5, 5.41) is 0. The van der Waals surface area contributed by atoms with E-state index in [1.807, 2.05) is 24.3 Å². The van der Waals surface area contributed by atoms with Gasteiger partial charge in [-0.25, -0.2) is 0 Å². The highest BCUT2D eigenvalue weighted by molar-refractivity contribution is 5.43. The molecule has 0 aliphatic carbocycles. The van der Waals surface area contributed by atoms with Gasteiger partial charge in [-0.15, -0.1) is 0 Å². The third-order valence-corrected chi connectivity index (χ3v) is 2.39. The van der Waals surface area contributed by atoms with Gasteiger partial charge in [0.1, 0.15) is 5.75 Å². The number of benzene rings is 1. The molecule has 0 aliphatic rings. The highest BCUT2D eigenvalue weighted by Gasteiger charge is 1.98. The molecule has 0 spiro atoms. The summed E-state index contributed by atoms with van der Waals surface area (Å²) >= 11 is 0. The fourth-order valence-corrected chi connectivity index (χ4v) is 1.26. The minimum atomic E-state index is 0.340. The Kier molecular flexibility index (Phi) is 5.72. The van der Waals surface area contributed by atoms with Crippen LogP contribution in [0.2, 0.25) is 0 Å². The summed E-state index contributed by atoms with van der Waals surface area (Å²) in [7, 11) is 0. The number of nitrogen functional groups attached to an aromatic ring is 1. The summed E-state index contributed by atoms with van der Waals surface area (Å²) in [6.45, 7) is 5.61. The summed E-state index contributed by atoms with van der Waals surface area (Å²) in [5.41, 5.74) is 6.37. The molecule has 1 aromatic carbocycles. The molecule has 1 atom stereocenters. The molecule has 90 valence electrons. The molecule has 3 nitrogen and oxygen atoms in total. The first kappa shape index (κ1) is 12.8. The molecule has 0 bridgehead atoms. The zero-order valence-corrected chi connectivity index (χ0v) is 10.1. The van der Waals surface area contributed by atoms with E-state index in [-0.39, 0.29) is 0 Å². The molecule has 0 heterocycles. The van der Waals surface area contributed by atoms with Crippen LogP contribution in [0.4, 0.5) is 5.69 Å². The van der Waals surface area contributed by atoms with E-state index in [0.29, 0.717) is 12.7 Å². The lowest BCUT2D eigenvalue weighted by Gasteiger charge is -2.11. The molecule has 0 aromatic heterocycles. The van der Waals surface area contributed by atoms with Crippen molar-refractivity contribution in [1.29, 1.82) is 0 Å². The van der Waals surface area contributed by atoms with Gasteiger partial charge in [0.05, 0.1) is 19.3 Å². The van der Waals surface area contributed by atoms with Gasteiger partial charge in [-0.2, -0.15) is 0 Å². The number of rotatable bonds is 7. The van der Waals surface area contributed by atoms with Crippen molar-refractivity contribution >= 4 is 5.69 Å². The van der Waals surface area contributed by atoms with Gasteiger partial charge in [-0.1, -0.05) is 13.0 Å². The van der Waals surface area contributed by atoms with Crippen LogP contribution in [0.1, 0.15) is 26.7 Å². The van der Waals surface area contributed by atoms with E-state index in [1.54, 1.807) is 0 Å². The van der Waals surface area contributed by atoms with Crippen LogP contribution in [0, 0.1) is 0 Å². The van der Waals surface area contributed by atoms with Gasteiger partial charge in [0.2, 0.25) is 0 Å². The molecule has 16 heavy (non-hydrogen) atoms. The van der Waals surface area contributed by atoms with Crippen LogP contribution in [0.3, 0.4) is 0 Å². The van der Waals surface area contributed by atoms with Gasteiger partial charge in [0.25, 0.3) is 0 Å². The lowest BCUT2D eigenvalue weighted by molar-refractivity contribution is 0.0554. The monoisotopic (exact) mass is 223 g/mol. The van der Waals surface area contributed by atoms with E-state index >= 15 is 0 Å². The van der Waals surface area contributed by atoms with Crippen molar-refractivity contribution in [3.63, 3.8) is 0 Å².